The van der Waals surface area contributed by atoms with Crippen LogP contribution in [0.25, 0.3) is 0 Å². The first-order valence-corrected chi connectivity index (χ1v) is 13.9. The summed E-state index contributed by atoms with van der Waals surface area (Å²) in [7, 11) is -4.78. The zero-order valence-corrected chi connectivity index (χ0v) is 21.2. The molecule has 5 nitrogen and oxygen atoms in total. The standard InChI is InChI=1S/C24H26ClF2O5PS/c1-2-3-11-23(15-32-33-28)12-4-13-24(34(29,30)17-7-5-16(25)6-8-17)20(23)14-31-22-19(27)10-9-18(26)21(22)24/h5-10,20H,2-4,11-15H2,1H3/t20-,23-,24-/m0/s1. The van der Waals surface area contributed by atoms with E-state index >= 15 is 4.39 Å². The molecule has 0 spiro atoms. The fourth-order valence-corrected chi connectivity index (χ4v) is 8.82. The Labute approximate surface area is 205 Å². The van der Waals surface area contributed by atoms with E-state index in [1.54, 1.807) is 0 Å². The van der Waals surface area contributed by atoms with Gasteiger partial charge in [0.05, 0.1) is 23.7 Å². The molecule has 184 valence electrons. The fourth-order valence-electron chi connectivity index (χ4n) is 5.90. The maximum absolute atomic E-state index is 15.5. The monoisotopic (exact) mass is 530 g/mol. The molecule has 1 heterocycles. The van der Waals surface area contributed by atoms with Crippen LogP contribution in [0, 0.1) is 23.0 Å². The largest absolute Gasteiger partial charge is 0.490 e. The quantitative estimate of drug-likeness (QED) is 0.348. The lowest BCUT2D eigenvalue weighted by Crippen LogP contribution is -2.59. The number of sulfone groups is 1. The molecule has 2 aromatic rings. The minimum absolute atomic E-state index is 0.0208. The lowest BCUT2D eigenvalue weighted by molar-refractivity contribution is -0.0358. The molecule has 0 aromatic heterocycles. The number of fused-ring (bicyclic) bond motifs is 3. The lowest BCUT2D eigenvalue weighted by atomic mass is 9.57. The first kappa shape index (κ1) is 25.5. The molecule has 0 bridgehead atoms. The van der Waals surface area contributed by atoms with Crippen LogP contribution >= 0.6 is 20.3 Å². The summed E-state index contributed by atoms with van der Waals surface area (Å²) in [6.07, 6.45) is 3.34. The molecule has 1 saturated carbocycles. The van der Waals surface area contributed by atoms with Crippen molar-refractivity contribution in [2.45, 2.75) is 55.1 Å². The van der Waals surface area contributed by atoms with Crippen molar-refractivity contribution < 1.29 is 31.0 Å². The van der Waals surface area contributed by atoms with Crippen molar-refractivity contribution in [2.24, 2.45) is 11.3 Å². The van der Waals surface area contributed by atoms with Crippen molar-refractivity contribution in [2.75, 3.05) is 13.2 Å². The zero-order chi connectivity index (χ0) is 24.6. The van der Waals surface area contributed by atoms with Crippen LogP contribution in [0.1, 0.15) is 51.0 Å². The number of ether oxygens (including phenoxy) is 1. The second-order valence-corrected chi connectivity index (χ2v) is 12.2. The smallest absolute Gasteiger partial charge is 0.327 e. The van der Waals surface area contributed by atoms with Gasteiger partial charge in [0, 0.05) is 16.4 Å². The van der Waals surface area contributed by atoms with Crippen LogP contribution in [-0.2, 0) is 23.7 Å². The second kappa shape index (κ2) is 9.81. The molecule has 0 amide bonds. The highest BCUT2D eigenvalue weighted by molar-refractivity contribution is 7.92. The number of benzene rings is 2. The molecule has 2 aliphatic rings. The topological polar surface area (TPSA) is 69.7 Å². The van der Waals surface area contributed by atoms with Gasteiger partial charge in [-0.15, -0.1) is 0 Å². The summed E-state index contributed by atoms with van der Waals surface area (Å²) in [5.41, 5.74) is -1.01. The van der Waals surface area contributed by atoms with Crippen molar-refractivity contribution in [1.82, 2.24) is 0 Å². The predicted molar refractivity (Wildman–Crippen MR) is 125 cm³/mol. The van der Waals surface area contributed by atoms with Crippen LogP contribution in [0.4, 0.5) is 8.78 Å². The minimum Gasteiger partial charge on any atom is -0.490 e. The Balaban J connectivity index is 2.02. The lowest BCUT2D eigenvalue weighted by Gasteiger charge is -2.56. The van der Waals surface area contributed by atoms with Gasteiger partial charge < -0.3 is 4.74 Å². The Morgan fingerprint density at radius 2 is 1.85 bits per heavy atom. The summed E-state index contributed by atoms with van der Waals surface area (Å²) in [5.74, 6) is -2.73. The van der Waals surface area contributed by atoms with E-state index in [0.717, 1.165) is 25.0 Å². The van der Waals surface area contributed by atoms with E-state index < -0.39 is 46.2 Å². The number of unbranched alkanes of at least 4 members (excludes halogenated alkanes) is 1. The van der Waals surface area contributed by atoms with E-state index in [4.69, 9.17) is 20.9 Å². The Hall–Kier alpha value is -1.60. The number of hydrogen-bond acceptors (Lipinski definition) is 5. The fraction of sp³-hybridized carbons (Fsp3) is 0.500. The van der Waals surface area contributed by atoms with Gasteiger partial charge in [-0.25, -0.2) is 21.8 Å². The minimum atomic E-state index is -4.26. The first-order valence-electron chi connectivity index (χ1n) is 11.3. The Morgan fingerprint density at radius 3 is 2.53 bits per heavy atom. The zero-order valence-electron chi connectivity index (χ0n) is 18.7. The van der Waals surface area contributed by atoms with Gasteiger partial charge in [-0.2, -0.15) is 0 Å². The van der Waals surface area contributed by atoms with E-state index in [1.807, 2.05) is 6.92 Å². The molecular weight excluding hydrogens is 505 g/mol. The molecule has 4 rings (SSSR count). The number of halogens is 3. The van der Waals surface area contributed by atoms with Gasteiger partial charge in [-0.3, -0.25) is 4.52 Å². The van der Waals surface area contributed by atoms with Crippen LogP contribution in [0.2, 0.25) is 5.02 Å². The van der Waals surface area contributed by atoms with Crippen LogP contribution < -0.4 is 4.74 Å². The molecule has 0 saturated heterocycles. The molecule has 0 unspecified atom stereocenters. The van der Waals surface area contributed by atoms with Crippen molar-refractivity contribution in [3.05, 3.63) is 58.6 Å². The average Bonchev–Trinajstić information content (AvgIpc) is 2.83. The summed E-state index contributed by atoms with van der Waals surface area (Å²) in [4.78, 5) is -0.0208. The van der Waals surface area contributed by atoms with Crippen molar-refractivity contribution in [3.63, 3.8) is 0 Å². The Bertz CT molecular complexity index is 1180. The van der Waals surface area contributed by atoms with Crippen molar-refractivity contribution >= 4 is 30.1 Å². The van der Waals surface area contributed by atoms with E-state index in [2.05, 4.69) is 0 Å². The molecule has 0 N–H and O–H groups in total. The summed E-state index contributed by atoms with van der Waals surface area (Å²) >= 11 is 6.00. The summed E-state index contributed by atoms with van der Waals surface area (Å²) in [6, 6.07) is 7.62. The van der Waals surface area contributed by atoms with Crippen LogP contribution in [0.15, 0.2) is 41.3 Å². The van der Waals surface area contributed by atoms with Gasteiger partial charge in [0.25, 0.3) is 0 Å². The highest BCUT2D eigenvalue weighted by atomic mass is 35.5. The van der Waals surface area contributed by atoms with Gasteiger partial charge in [0.15, 0.2) is 21.4 Å². The van der Waals surface area contributed by atoms with Gasteiger partial charge in [-0.05, 0) is 55.7 Å². The Morgan fingerprint density at radius 1 is 1.15 bits per heavy atom. The maximum Gasteiger partial charge on any atom is 0.327 e. The summed E-state index contributed by atoms with van der Waals surface area (Å²) in [5, 5.41) is 0.362. The van der Waals surface area contributed by atoms with Crippen LogP contribution in [0.3, 0.4) is 0 Å². The van der Waals surface area contributed by atoms with E-state index in [1.165, 1.54) is 24.3 Å². The summed E-state index contributed by atoms with van der Waals surface area (Å²) in [6.45, 7) is 1.92. The van der Waals surface area contributed by atoms with E-state index in [-0.39, 0.29) is 35.8 Å². The van der Waals surface area contributed by atoms with Crippen LogP contribution in [-0.4, -0.2) is 21.6 Å². The maximum atomic E-state index is 15.5. The SMILES string of the molecule is CCCC[C@@]1(COP=O)CCC[C@@]2(S(=O)(=O)c3ccc(Cl)cc3)c3c(F)ccc(F)c3OC[C@@H]12. The summed E-state index contributed by atoms with van der Waals surface area (Å²) < 4.78 is 79.8. The molecule has 34 heavy (non-hydrogen) atoms. The molecule has 3 atom stereocenters. The van der Waals surface area contributed by atoms with E-state index in [0.29, 0.717) is 24.3 Å². The van der Waals surface area contributed by atoms with Gasteiger partial charge in [0.1, 0.15) is 10.6 Å². The van der Waals surface area contributed by atoms with Gasteiger partial charge >= 0.3 is 8.69 Å². The highest BCUT2D eigenvalue weighted by Crippen LogP contribution is 2.63. The molecule has 10 heteroatoms. The molecule has 1 aliphatic heterocycles. The Kier molecular flexibility index (Phi) is 7.35. The number of hydrogen-bond donors (Lipinski definition) is 0. The van der Waals surface area contributed by atoms with Crippen molar-refractivity contribution in [3.8, 4) is 5.75 Å². The molecular formula is C24H26ClF2O5PS. The van der Waals surface area contributed by atoms with Gasteiger partial charge in [-0.1, -0.05) is 37.8 Å². The third-order valence-corrected chi connectivity index (χ3v) is 10.5. The number of rotatable bonds is 8. The normalized spacial score (nSPS) is 26.5. The van der Waals surface area contributed by atoms with Crippen LogP contribution in [0.5, 0.6) is 5.75 Å². The molecule has 0 radical (unpaired) electrons. The second-order valence-electron chi connectivity index (χ2n) is 9.11. The average molecular weight is 531 g/mol. The highest BCUT2D eigenvalue weighted by Gasteiger charge is 2.65. The van der Waals surface area contributed by atoms with Crippen molar-refractivity contribution in [1.29, 1.82) is 0 Å². The third-order valence-electron chi connectivity index (χ3n) is 7.44. The third kappa shape index (κ3) is 3.97. The molecule has 1 fully saturated rings. The van der Waals surface area contributed by atoms with Gasteiger partial charge in [0.2, 0.25) is 0 Å². The van der Waals surface area contributed by atoms with E-state index in [9.17, 15) is 17.4 Å². The predicted octanol–water partition coefficient (Wildman–Crippen LogP) is 6.88. The molecule has 1 aliphatic carbocycles. The molecule has 2 aromatic carbocycles. The first-order chi connectivity index (χ1) is 16.2.